The summed E-state index contributed by atoms with van der Waals surface area (Å²) in [5.41, 5.74) is 0.274. The van der Waals surface area contributed by atoms with Crippen LogP contribution in [-0.4, -0.2) is 11.8 Å². The largest absolute Gasteiger partial charge is 0.274 e. The minimum Gasteiger partial charge on any atom is -0.274 e. The molecule has 1 aromatic carbocycles. The molecule has 3 aliphatic rings. The van der Waals surface area contributed by atoms with Gasteiger partial charge in [-0.25, -0.2) is 9.29 Å². The molecule has 0 spiro atoms. The van der Waals surface area contributed by atoms with E-state index in [1.807, 2.05) is 12.2 Å². The predicted octanol–water partition coefficient (Wildman–Crippen LogP) is 2.79. The molecule has 1 saturated heterocycles. The zero-order valence-corrected chi connectivity index (χ0v) is 11.2. The van der Waals surface area contributed by atoms with E-state index in [-0.39, 0.29) is 46.2 Å². The highest BCUT2D eigenvalue weighted by Crippen LogP contribution is 2.53. The number of imide groups is 1. The van der Waals surface area contributed by atoms with Crippen LogP contribution in [0.4, 0.5) is 10.1 Å². The average molecular weight is 292 g/mol. The van der Waals surface area contributed by atoms with E-state index in [1.54, 1.807) is 0 Å². The third-order valence-corrected chi connectivity index (χ3v) is 4.94. The Labute approximate surface area is 120 Å². The van der Waals surface area contributed by atoms with Crippen LogP contribution in [0.2, 0.25) is 5.02 Å². The quantitative estimate of drug-likeness (QED) is 0.589. The van der Waals surface area contributed by atoms with Crippen molar-refractivity contribution in [3.8, 4) is 0 Å². The van der Waals surface area contributed by atoms with E-state index < -0.39 is 5.82 Å². The van der Waals surface area contributed by atoms with Crippen molar-refractivity contribution in [2.45, 2.75) is 6.42 Å². The Bertz CT molecular complexity index is 642. The summed E-state index contributed by atoms with van der Waals surface area (Å²) in [6, 6.07) is 4.03. The predicted molar refractivity (Wildman–Crippen MR) is 71.6 cm³/mol. The van der Waals surface area contributed by atoms with Crippen LogP contribution < -0.4 is 4.90 Å². The third kappa shape index (κ3) is 1.40. The van der Waals surface area contributed by atoms with E-state index in [0.717, 1.165) is 17.4 Å². The molecule has 0 aromatic heterocycles. The molecule has 3 nitrogen and oxygen atoms in total. The van der Waals surface area contributed by atoms with Crippen LogP contribution in [-0.2, 0) is 9.59 Å². The van der Waals surface area contributed by atoms with Gasteiger partial charge >= 0.3 is 0 Å². The number of rotatable bonds is 1. The van der Waals surface area contributed by atoms with Crippen molar-refractivity contribution < 1.29 is 14.0 Å². The molecule has 1 aromatic rings. The van der Waals surface area contributed by atoms with Crippen LogP contribution in [0, 0.1) is 29.5 Å². The van der Waals surface area contributed by atoms with Crippen molar-refractivity contribution in [1.82, 2.24) is 0 Å². The summed E-state index contributed by atoms with van der Waals surface area (Å²) < 4.78 is 13.5. The van der Waals surface area contributed by atoms with E-state index in [4.69, 9.17) is 11.6 Å². The lowest BCUT2D eigenvalue weighted by Gasteiger charge is -2.17. The van der Waals surface area contributed by atoms with E-state index in [1.165, 1.54) is 12.1 Å². The smallest absolute Gasteiger partial charge is 0.238 e. The highest BCUT2D eigenvalue weighted by Gasteiger charge is 2.59. The molecule has 102 valence electrons. The van der Waals surface area contributed by atoms with Crippen LogP contribution in [0.3, 0.4) is 0 Å². The summed E-state index contributed by atoms with van der Waals surface area (Å²) >= 11 is 5.64. The van der Waals surface area contributed by atoms with Gasteiger partial charge in [-0.15, -0.1) is 0 Å². The second-order valence-corrected chi connectivity index (χ2v) is 6.02. The van der Waals surface area contributed by atoms with Crippen molar-refractivity contribution >= 4 is 29.1 Å². The molecule has 2 bridgehead atoms. The second kappa shape index (κ2) is 3.92. The first-order valence-corrected chi connectivity index (χ1v) is 6.97. The third-order valence-electron chi connectivity index (χ3n) is 4.63. The molecule has 2 amide bonds. The van der Waals surface area contributed by atoms with Crippen molar-refractivity contribution in [1.29, 1.82) is 0 Å². The van der Waals surface area contributed by atoms with Gasteiger partial charge in [0.1, 0.15) is 5.82 Å². The van der Waals surface area contributed by atoms with Gasteiger partial charge in [-0.05, 0) is 36.5 Å². The molecular weight excluding hydrogens is 281 g/mol. The van der Waals surface area contributed by atoms with Gasteiger partial charge in [0, 0.05) is 0 Å². The van der Waals surface area contributed by atoms with Gasteiger partial charge in [0.05, 0.1) is 22.5 Å². The number of allylic oxidation sites excluding steroid dienone is 2. The maximum absolute atomic E-state index is 13.5. The zero-order valence-electron chi connectivity index (χ0n) is 10.4. The Kier molecular flexibility index (Phi) is 2.37. The standard InChI is InChI=1S/C15H11ClFNO2/c16-10-4-3-9(6-11(10)17)18-14(19)12-7-1-2-8(5-7)13(12)15(18)20/h1-4,6-8,12-13H,5H2/t7-,8-,12+,13+/m0/s1. The van der Waals surface area contributed by atoms with Crippen LogP contribution in [0.25, 0.3) is 0 Å². The summed E-state index contributed by atoms with van der Waals surface area (Å²) in [4.78, 5) is 26.1. The fourth-order valence-electron chi connectivity index (χ4n) is 3.78. The van der Waals surface area contributed by atoms with Crippen molar-refractivity contribution in [3.05, 3.63) is 41.2 Å². The minimum absolute atomic E-state index is 0.0187. The highest BCUT2D eigenvalue weighted by atomic mass is 35.5. The fraction of sp³-hybridized carbons (Fsp3) is 0.333. The summed E-state index contributed by atoms with van der Waals surface area (Å²) in [5, 5.41) is -0.0187. The van der Waals surface area contributed by atoms with E-state index in [9.17, 15) is 14.0 Å². The summed E-state index contributed by atoms with van der Waals surface area (Å²) in [6.07, 6.45) is 4.95. The Morgan fingerprint density at radius 1 is 1.10 bits per heavy atom. The Morgan fingerprint density at radius 3 is 2.25 bits per heavy atom. The lowest BCUT2D eigenvalue weighted by Crippen LogP contribution is -2.32. The van der Waals surface area contributed by atoms with Gasteiger partial charge in [0.15, 0.2) is 0 Å². The molecule has 0 N–H and O–H groups in total. The summed E-state index contributed by atoms with van der Waals surface area (Å²) in [5.74, 6) is -1.26. The molecule has 4 rings (SSSR count). The van der Waals surface area contributed by atoms with Crippen molar-refractivity contribution in [3.63, 3.8) is 0 Å². The SMILES string of the molecule is O=C1[C@H]2[C@H](C(=O)N1c1ccc(Cl)c(F)c1)[C@H]1C=C[C@H]2C1. The van der Waals surface area contributed by atoms with Gasteiger partial charge in [-0.3, -0.25) is 9.59 Å². The van der Waals surface area contributed by atoms with Gasteiger partial charge in [-0.1, -0.05) is 23.8 Å². The fourth-order valence-corrected chi connectivity index (χ4v) is 3.90. The number of anilines is 1. The molecule has 5 heteroatoms. The molecule has 2 fully saturated rings. The number of fused-ring (bicyclic) bond motifs is 5. The molecule has 20 heavy (non-hydrogen) atoms. The molecule has 0 unspecified atom stereocenters. The van der Waals surface area contributed by atoms with E-state index >= 15 is 0 Å². The lowest BCUT2D eigenvalue weighted by atomic mass is 9.85. The molecule has 1 saturated carbocycles. The molecule has 1 heterocycles. The van der Waals surface area contributed by atoms with Crippen LogP contribution in [0.5, 0.6) is 0 Å². The molecular formula is C15H11ClFNO2. The lowest BCUT2D eigenvalue weighted by molar-refractivity contribution is -0.123. The number of hydrogen-bond acceptors (Lipinski definition) is 2. The zero-order chi connectivity index (χ0) is 14.0. The number of hydrogen-bond donors (Lipinski definition) is 0. The number of carbonyl (C=O) groups excluding carboxylic acids is 2. The number of amides is 2. The maximum Gasteiger partial charge on any atom is 0.238 e. The molecule has 0 radical (unpaired) electrons. The Morgan fingerprint density at radius 2 is 1.70 bits per heavy atom. The number of halogens is 2. The highest BCUT2D eigenvalue weighted by molar-refractivity contribution is 6.31. The average Bonchev–Trinajstić information content (AvgIpc) is 3.08. The first kappa shape index (κ1) is 12.1. The first-order valence-electron chi connectivity index (χ1n) is 6.59. The molecule has 2 aliphatic carbocycles. The summed E-state index contributed by atoms with van der Waals surface area (Å²) in [7, 11) is 0. The molecule has 4 atom stereocenters. The van der Waals surface area contributed by atoms with Gasteiger partial charge in [0.25, 0.3) is 0 Å². The number of nitrogens with zero attached hydrogens (tertiary/aromatic N) is 1. The normalized spacial score (nSPS) is 34.2. The van der Waals surface area contributed by atoms with Crippen LogP contribution >= 0.6 is 11.6 Å². The van der Waals surface area contributed by atoms with Crippen molar-refractivity contribution in [2.75, 3.05) is 4.90 Å². The minimum atomic E-state index is -0.622. The summed E-state index contributed by atoms with van der Waals surface area (Å²) in [6.45, 7) is 0. The number of benzene rings is 1. The molecule has 1 aliphatic heterocycles. The number of carbonyl (C=O) groups is 2. The Balaban J connectivity index is 1.76. The second-order valence-electron chi connectivity index (χ2n) is 5.61. The van der Waals surface area contributed by atoms with E-state index in [2.05, 4.69) is 0 Å². The van der Waals surface area contributed by atoms with Gasteiger partial charge < -0.3 is 0 Å². The topological polar surface area (TPSA) is 37.4 Å². The maximum atomic E-state index is 13.5. The van der Waals surface area contributed by atoms with Crippen LogP contribution in [0.15, 0.2) is 30.4 Å². The van der Waals surface area contributed by atoms with E-state index in [0.29, 0.717) is 0 Å². The van der Waals surface area contributed by atoms with Gasteiger partial charge in [-0.2, -0.15) is 0 Å². The van der Waals surface area contributed by atoms with Crippen LogP contribution in [0.1, 0.15) is 6.42 Å². The monoisotopic (exact) mass is 291 g/mol. The van der Waals surface area contributed by atoms with Crippen molar-refractivity contribution in [2.24, 2.45) is 23.7 Å². The van der Waals surface area contributed by atoms with Gasteiger partial charge in [0.2, 0.25) is 11.8 Å². The Hall–Kier alpha value is -1.68. The first-order chi connectivity index (χ1) is 9.58.